The first kappa shape index (κ1) is 13.4. The van der Waals surface area contributed by atoms with E-state index in [1.165, 1.54) is 12.3 Å². The molecule has 2 N–H and O–H groups in total. The van der Waals surface area contributed by atoms with Crippen LogP contribution in [-0.4, -0.2) is 20.9 Å². The highest BCUT2D eigenvalue weighted by atomic mass is 16.4. The first-order chi connectivity index (χ1) is 9.11. The van der Waals surface area contributed by atoms with Gasteiger partial charge in [-0.2, -0.15) is 5.10 Å². The molecule has 0 amide bonds. The lowest BCUT2D eigenvalue weighted by Crippen LogP contribution is -2.14. The minimum absolute atomic E-state index is 0.203. The topological polar surface area (TPSA) is 80.3 Å². The van der Waals surface area contributed by atoms with Crippen molar-refractivity contribution in [3.63, 3.8) is 0 Å². The van der Waals surface area contributed by atoms with Crippen molar-refractivity contribution in [2.45, 2.75) is 26.4 Å². The second-order valence-electron chi connectivity index (χ2n) is 4.29. The summed E-state index contributed by atoms with van der Waals surface area (Å²) in [5, 5.41) is 16.5. The standard InChI is InChI=1S/C13H17N3O3/c1-3-11-9(8-16(2)15-11)6-14-7-12-10(13(17)18)4-5-19-12/h4-5,8,14H,3,6-7H2,1-2H3,(H,17,18). The van der Waals surface area contributed by atoms with E-state index < -0.39 is 5.97 Å². The zero-order chi connectivity index (χ0) is 13.8. The van der Waals surface area contributed by atoms with Gasteiger partial charge in [-0.1, -0.05) is 6.92 Å². The first-order valence-corrected chi connectivity index (χ1v) is 6.13. The molecule has 19 heavy (non-hydrogen) atoms. The van der Waals surface area contributed by atoms with Gasteiger partial charge in [-0.25, -0.2) is 4.79 Å². The third kappa shape index (κ3) is 3.03. The molecule has 2 rings (SSSR count). The van der Waals surface area contributed by atoms with Gasteiger partial charge in [0.15, 0.2) is 0 Å². The molecule has 0 aliphatic heterocycles. The van der Waals surface area contributed by atoms with Crippen LogP contribution in [0.5, 0.6) is 0 Å². The highest BCUT2D eigenvalue weighted by Gasteiger charge is 2.13. The van der Waals surface area contributed by atoms with E-state index in [1.54, 1.807) is 4.68 Å². The number of nitrogens with one attached hydrogen (secondary N) is 1. The molecule has 0 aliphatic rings. The van der Waals surface area contributed by atoms with Crippen molar-refractivity contribution in [2.24, 2.45) is 7.05 Å². The van der Waals surface area contributed by atoms with E-state index >= 15 is 0 Å². The number of nitrogens with zero attached hydrogens (tertiary/aromatic N) is 2. The van der Waals surface area contributed by atoms with Crippen LogP contribution in [0.1, 0.15) is 34.3 Å². The van der Waals surface area contributed by atoms with Crippen LogP contribution in [0.3, 0.4) is 0 Å². The van der Waals surface area contributed by atoms with Crippen molar-refractivity contribution in [1.29, 1.82) is 0 Å². The summed E-state index contributed by atoms with van der Waals surface area (Å²) in [5.41, 5.74) is 2.37. The lowest BCUT2D eigenvalue weighted by Gasteiger charge is -2.03. The van der Waals surface area contributed by atoms with Crippen LogP contribution < -0.4 is 5.32 Å². The van der Waals surface area contributed by atoms with E-state index in [9.17, 15) is 4.79 Å². The maximum absolute atomic E-state index is 10.9. The summed E-state index contributed by atoms with van der Waals surface area (Å²) in [6, 6.07) is 1.46. The fourth-order valence-electron chi connectivity index (χ4n) is 2.01. The van der Waals surface area contributed by atoms with Crippen LogP contribution in [-0.2, 0) is 26.6 Å². The van der Waals surface area contributed by atoms with Gasteiger partial charge in [-0.05, 0) is 12.5 Å². The number of carboxylic acids is 1. The zero-order valence-electron chi connectivity index (χ0n) is 11.0. The minimum atomic E-state index is -0.971. The van der Waals surface area contributed by atoms with Crippen molar-refractivity contribution in [2.75, 3.05) is 0 Å². The molecular formula is C13H17N3O3. The zero-order valence-corrected chi connectivity index (χ0v) is 11.0. The molecule has 0 spiro atoms. The summed E-state index contributed by atoms with van der Waals surface area (Å²) in [4.78, 5) is 10.9. The number of carboxylic acid groups (broad SMARTS) is 1. The Labute approximate surface area is 111 Å². The lowest BCUT2D eigenvalue weighted by atomic mass is 10.2. The van der Waals surface area contributed by atoms with Crippen LogP contribution in [0.2, 0.25) is 0 Å². The number of hydrogen-bond donors (Lipinski definition) is 2. The Morgan fingerprint density at radius 1 is 1.53 bits per heavy atom. The Bertz CT molecular complexity index is 571. The maximum atomic E-state index is 10.9. The van der Waals surface area contributed by atoms with Gasteiger partial charge in [0.05, 0.1) is 18.5 Å². The van der Waals surface area contributed by atoms with Crippen molar-refractivity contribution in [1.82, 2.24) is 15.1 Å². The molecular weight excluding hydrogens is 246 g/mol. The summed E-state index contributed by atoms with van der Waals surface area (Å²) in [6.45, 7) is 3.07. The molecule has 0 unspecified atom stereocenters. The lowest BCUT2D eigenvalue weighted by molar-refractivity contribution is 0.0694. The Hall–Kier alpha value is -2.08. The smallest absolute Gasteiger partial charge is 0.339 e. The predicted molar refractivity (Wildman–Crippen MR) is 68.8 cm³/mol. The van der Waals surface area contributed by atoms with Gasteiger partial charge in [-0.3, -0.25) is 4.68 Å². The van der Waals surface area contributed by atoms with Gasteiger partial charge >= 0.3 is 5.97 Å². The molecule has 6 nitrogen and oxygen atoms in total. The fourth-order valence-corrected chi connectivity index (χ4v) is 2.01. The van der Waals surface area contributed by atoms with Gasteiger partial charge in [0.25, 0.3) is 0 Å². The summed E-state index contributed by atoms with van der Waals surface area (Å²) in [6.07, 6.45) is 4.23. The Morgan fingerprint density at radius 2 is 2.32 bits per heavy atom. The number of furan rings is 1. The number of aromatic nitrogens is 2. The molecule has 102 valence electrons. The average molecular weight is 263 g/mol. The molecule has 0 fully saturated rings. The number of aromatic carboxylic acids is 1. The van der Waals surface area contributed by atoms with Crippen molar-refractivity contribution in [3.05, 3.63) is 41.1 Å². The minimum Gasteiger partial charge on any atom is -0.478 e. The highest BCUT2D eigenvalue weighted by molar-refractivity contribution is 5.88. The van der Waals surface area contributed by atoms with Crippen LogP contribution in [0.4, 0.5) is 0 Å². The Kier molecular flexibility index (Phi) is 4.01. The van der Waals surface area contributed by atoms with E-state index in [2.05, 4.69) is 17.3 Å². The number of carbonyl (C=O) groups is 1. The van der Waals surface area contributed by atoms with E-state index in [4.69, 9.17) is 9.52 Å². The molecule has 0 bridgehead atoms. The van der Waals surface area contributed by atoms with Gasteiger partial charge in [-0.15, -0.1) is 0 Å². The van der Waals surface area contributed by atoms with Crippen LogP contribution >= 0.6 is 0 Å². The summed E-state index contributed by atoms with van der Waals surface area (Å²) >= 11 is 0. The third-order valence-corrected chi connectivity index (χ3v) is 2.90. The van der Waals surface area contributed by atoms with Crippen molar-refractivity contribution >= 4 is 5.97 Å². The molecule has 0 aliphatic carbocycles. The second-order valence-corrected chi connectivity index (χ2v) is 4.29. The maximum Gasteiger partial charge on any atom is 0.339 e. The van der Waals surface area contributed by atoms with E-state index in [1.807, 2.05) is 13.2 Å². The number of rotatable bonds is 6. The normalized spacial score (nSPS) is 10.8. The number of aryl methyl sites for hydroxylation is 2. The molecule has 0 saturated heterocycles. The van der Waals surface area contributed by atoms with E-state index in [0.29, 0.717) is 18.8 Å². The Morgan fingerprint density at radius 3 is 3.00 bits per heavy atom. The van der Waals surface area contributed by atoms with Gasteiger partial charge in [0, 0.05) is 25.4 Å². The molecule has 6 heteroatoms. The summed E-state index contributed by atoms with van der Waals surface area (Å²) in [5.74, 6) is -0.532. The highest BCUT2D eigenvalue weighted by Crippen LogP contribution is 2.11. The number of hydrogen-bond acceptors (Lipinski definition) is 4. The van der Waals surface area contributed by atoms with Crippen LogP contribution in [0, 0.1) is 0 Å². The van der Waals surface area contributed by atoms with Crippen LogP contribution in [0.15, 0.2) is 22.9 Å². The largest absolute Gasteiger partial charge is 0.478 e. The fraction of sp³-hybridized carbons (Fsp3) is 0.385. The monoisotopic (exact) mass is 263 g/mol. The SMILES string of the molecule is CCc1nn(C)cc1CNCc1occc1C(=O)O. The summed E-state index contributed by atoms with van der Waals surface area (Å²) < 4.78 is 6.94. The summed E-state index contributed by atoms with van der Waals surface area (Å²) in [7, 11) is 1.89. The van der Waals surface area contributed by atoms with E-state index in [0.717, 1.165) is 17.7 Å². The van der Waals surface area contributed by atoms with Crippen molar-refractivity contribution in [3.8, 4) is 0 Å². The van der Waals surface area contributed by atoms with Gasteiger partial charge in [0.2, 0.25) is 0 Å². The molecule has 2 heterocycles. The third-order valence-electron chi connectivity index (χ3n) is 2.90. The van der Waals surface area contributed by atoms with Gasteiger partial charge < -0.3 is 14.8 Å². The predicted octanol–water partition coefficient (Wildman–Crippen LogP) is 1.56. The molecule has 0 aromatic carbocycles. The second kappa shape index (κ2) is 5.71. The first-order valence-electron chi connectivity index (χ1n) is 6.13. The van der Waals surface area contributed by atoms with Crippen LogP contribution in [0.25, 0.3) is 0 Å². The molecule has 0 radical (unpaired) electrons. The Balaban J connectivity index is 1.96. The molecule has 2 aromatic heterocycles. The van der Waals surface area contributed by atoms with Crippen molar-refractivity contribution < 1.29 is 14.3 Å². The average Bonchev–Trinajstić information content (AvgIpc) is 2.96. The molecule has 0 saturated carbocycles. The quantitative estimate of drug-likeness (QED) is 0.826. The molecule has 2 aromatic rings. The van der Waals surface area contributed by atoms with E-state index in [-0.39, 0.29) is 5.56 Å². The van der Waals surface area contributed by atoms with Gasteiger partial charge in [0.1, 0.15) is 11.3 Å². The molecule has 0 atom stereocenters.